The minimum Gasteiger partial charge on any atom is -0.0654 e. The average molecular weight is 330 g/mol. The van der Waals surface area contributed by atoms with Gasteiger partial charge in [0.15, 0.2) is 0 Å². The van der Waals surface area contributed by atoms with Crippen LogP contribution in [0.1, 0.15) is 57.4 Å². The minimum absolute atomic E-state index is 1.15. The Balaban J connectivity index is 1.73. The van der Waals surface area contributed by atoms with Gasteiger partial charge in [0.25, 0.3) is 0 Å². The smallest absolute Gasteiger partial charge is 0.00115 e. The van der Waals surface area contributed by atoms with Crippen molar-refractivity contribution in [2.24, 2.45) is 0 Å². The average Bonchev–Trinajstić information content (AvgIpc) is 2.67. The Labute approximate surface area is 152 Å². The van der Waals surface area contributed by atoms with Crippen molar-refractivity contribution in [2.45, 2.75) is 58.3 Å². The SMILES string of the molecule is CCCCCCCCCc1cc2ccccc2[c]c1-c1ccccc1. The van der Waals surface area contributed by atoms with E-state index in [1.54, 1.807) is 0 Å². The molecule has 0 saturated heterocycles. The summed E-state index contributed by atoms with van der Waals surface area (Å²) in [6.07, 6.45) is 10.6. The van der Waals surface area contributed by atoms with E-state index in [1.807, 2.05) is 0 Å². The molecule has 0 aliphatic heterocycles. The van der Waals surface area contributed by atoms with Gasteiger partial charge in [-0.15, -0.1) is 0 Å². The maximum atomic E-state index is 3.68. The Kier molecular flexibility index (Phi) is 6.68. The van der Waals surface area contributed by atoms with Crippen LogP contribution in [-0.4, -0.2) is 0 Å². The van der Waals surface area contributed by atoms with E-state index in [4.69, 9.17) is 0 Å². The summed E-state index contributed by atoms with van der Waals surface area (Å²) in [4.78, 5) is 0. The number of hydrogen-bond donors (Lipinski definition) is 0. The van der Waals surface area contributed by atoms with E-state index in [-0.39, 0.29) is 0 Å². The molecule has 0 unspecified atom stereocenters. The van der Waals surface area contributed by atoms with Crippen LogP contribution in [0, 0.1) is 6.07 Å². The summed E-state index contributed by atoms with van der Waals surface area (Å²) in [7, 11) is 0. The molecule has 0 atom stereocenters. The van der Waals surface area contributed by atoms with Crippen LogP contribution in [0.2, 0.25) is 0 Å². The molecule has 0 saturated carbocycles. The number of unbranched alkanes of at least 4 members (excludes halogenated alkanes) is 6. The predicted molar refractivity (Wildman–Crippen MR) is 110 cm³/mol. The van der Waals surface area contributed by atoms with Crippen LogP contribution in [0.4, 0.5) is 0 Å². The Morgan fingerprint density at radius 2 is 1.40 bits per heavy atom. The van der Waals surface area contributed by atoms with Crippen molar-refractivity contribution in [3.05, 3.63) is 72.3 Å². The summed E-state index contributed by atoms with van der Waals surface area (Å²) >= 11 is 0. The standard InChI is InChI=1S/C25H29/c1-2-3-4-5-6-7-9-18-24-19-22-16-12-13-17-23(22)20-25(24)21-14-10-8-11-15-21/h8,10-17,19H,2-7,9,18H2,1H3. The fourth-order valence-corrected chi connectivity index (χ4v) is 3.54. The van der Waals surface area contributed by atoms with Crippen LogP contribution < -0.4 is 0 Å². The molecule has 0 nitrogen and oxygen atoms in total. The van der Waals surface area contributed by atoms with E-state index in [9.17, 15) is 0 Å². The van der Waals surface area contributed by atoms with Gasteiger partial charge in [0.2, 0.25) is 0 Å². The summed E-state index contributed by atoms with van der Waals surface area (Å²) in [5.41, 5.74) is 4.01. The van der Waals surface area contributed by atoms with Crippen LogP contribution in [0.5, 0.6) is 0 Å². The molecule has 3 aromatic rings. The molecule has 0 amide bonds. The number of hydrogen-bond acceptors (Lipinski definition) is 0. The zero-order chi connectivity index (χ0) is 17.3. The van der Waals surface area contributed by atoms with Gasteiger partial charge in [-0.05, 0) is 46.4 Å². The highest BCUT2D eigenvalue weighted by molar-refractivity contribution is 5.88. The third-order valence-corrected chi connectivity index (χ3v) is 4.98. The molecular weight excluding hydrogens is 300 g/mol. The van der Waals surface area contributed by atoms with Crippen molar-refractivity contribution in [3.8, 4) is 11.1 Å². The molecule has 0 N–H and O–H groups in total. The van der Waals surface area contributed by atoms with Gasteiger partial charge in [-0.3, -0.25) is 0 Å². The zero-order valence-electron chi connectivity index (χ0n) is 15.4. The lowest BCUT2D eigenvalue weighted by Crippen LogP contribution is -1.93. The van der Waals surface area contributed by atoms with E-state index < -0.39 is 0 Å². The molecule has 129 valence electrons. The molecule has 0 heteroatoms. The van der Waals surface area contributed by atoms with Crippen molar-refractivity contribution < 1.29 is 0 Å². The van der Waals surface area contributed by atoms with Gasteiger partial charge in [-0.1, -0.05) is 106 Å². The molecule has 0 heterocycles. The summed E-state index contributed by atoms with van der Waals surface area (Å²) in [6, 6.07) is 25.4. The maximum absolute atomic E-state index is 3.68. The molecular formula is C25H29. The summed E-state index contributed by atoms with van der Waals surface area (Å²) in [6.45, 7) is 2.28. The molecule has 3 rings (SSSR count). The van der Waals surface area contributed by atoms with Gasteiger partial charge < -0.3 is 0 Å². The van der Waals surface area contributed by atoms with Crippen LogP contribution in [0.25, 0.3) is 21.9 Å². The van der Waals surface area contributed by atoms with Gasteiger partial charge in [0.1, 0.15) is 0 Å². The van der Waals surface area contributed by atoms with Crippen molar-refractivity contribution in [3.63, 3.8) is 0 Å². The maximum Gasteiger partial charge on any atom is -0.00115 e. The number of fused-ring (bicyclic) bond motifs is 1. The Morgan fingerprint density at radius 3 is 2.20 bits per heavy atom. The number of benzene rings is 3. The molecule has 0 aliphatic rings. The first-order valence-corrected chi connectivity index (χ1v) is 9.88. The van der Waals surface area contributed by atoms with E-state index in [0.29, 0.717) is 0 Å². The highest BCUT2D eigenvalue weighted by Gasteiger charge is 2.08. The van der Waals surface area contributed by atoms with Crippen molar-refractivity contribution >= 4 is 10.8 Å². The zero-order valence-corrected chi connectivity index (χ0v) is 15.4. The van der Waals surface area contributed by atoms with Crippen molar-refractivity contribution in [1.82, 2.24) is 0 Å². The lowest BCUT2D eigenvalue weighted by molar-refractivity contribution is 0.589. The highest BCUT2D eigenvalue weighted by Crippen LogP contribution is 2.29. The molecule has 0 fully saturated rings. The topological polar surface area (TPSA) is 0 Å². The van der Waals surface area contributed by atoms with E-state index in [1.165, 1.54) is 72.4 Å². The second-order valence-electron chi connectivity index (χ2n) is 6.99. The lowest BCUT2D eigenvalue weighted by atomic mass is 9.92. The molecule has 0 bridgehead atoms. The van der Waals surface area contributed by atoms with E-state index in [2.05, 4.69) is 73.7 Å². The van der Waals surface area contributed by atoms with Gasteiger partial charge in [0, 0.05) is 0 Å². The normalized spacial score (nSPS) is 11.1. The first-order chi connectivity index (χ1) is 12.4. The second kappa shape index (κ2) is 9.42. The number of rotatable bonds is 9. The molecule has 0 aromatic heterocycles. The molecule has 1 radical (unpaired) electrons. The Bertz CT molecular complexity index is 770. The van der Waals surface area contributed by atoms with Crippen LogP contribution in [0.15, 0.2) is 60.7 Å². The first-order valence-electron chi connectivity index (χ1n) is 9.88. The first kappa shape index (κ1) is 17.7. The van der Waals surface area contributed by atoms with Gasteiger partial charge in [0.05, 0.1) is 0 Å². The predicted octanol–water partition coefficient (Wildman–Crippen LogP) is 7.60. The van der Waals surface area contributed by atoms with Gasteiger partial charge in [-0.2, -0.15) is 0 Å². The van der Waals surface area contributed by atoms with Crippen LogP contribution in [0.3, 0.4) is 0 Å². The van der Waals surface area contributed by atoms with Crippen LogP contribution >= 0.6 is 0 Å². The largest absolute Gasteiger partial charge is 0.0654 e. The van der Waals surface area contributed by atoms with E-state index in [0.717, 1.165) is 6.42 Å². The Hall–Kier alpha value is -2.08. The van der Waals surface area contributed by atoms with E-state index >= 15 is 0 Å². The fraction of sp³-hybridized carbons (Fsp3) is 0.360. The summed E-state index contributed by atoms with van der Waals surface area (Å²) < 4.78 is 0. The molecule has 0 aliphatic carbocycles. The summed E-state index contributed by atoms with van der Waals surface area (Å²) in [5.74, 6) is 0. The summed E-state index contributed by atoms with van der Waals surface area (Å²) in [5, 5.41) is 2.52. The minimum atomic E-state index is 1.15. The van der Waals surface area contributed by atoms with Crippen molar-refractivity contribution in [2.75, 3.05) is 0 Å². The Morgan fingerprint density at radius 1 is 0.720 bits per heavy atom. The quantitative estimate of drug-likeness (QED) is 0.354. The highest BCUT2D eigenvalue weighted by atomic mass is 14.1. The second-order valence-corrected chi connectivity index (χ2v) is 6.99. The third kappa shape index (κ3) is 4.95. The number of aryl methyl sites for hydroxylation is 1. The lowest BCUT2D eigenvalue weighted by Gasteiger charge is -2.12. The van der Waals surface area contributed by atoms with Crippen molar-refractivity contribution in [1.29, 1.82) is 0 Å². The molecule has 25 heavy (non-hydrogen) atoms. The van der Waals surface area contributed by atoms with Gasteiger partial charge in [-0.25, -0.2) is 0 Å². The fourth-order valence-electron chi connectivity index (χ4n) is 3.54. The molecule has 0 spiro atoms. The van der Waals surface area contributed by atoms with Crippen LogP contribution in [-0.2, 0) is 6.42 Å². The monoisotopic (exact) mass is 329 g/mol. The van der Waals surface area contributed by atoms with Gasteiger partial charge >= 0.3 is 0 Å². The molecule has 3 aromatic carbocycles. The third-order valence-electron chi connectivity index (χ3n) is 4.98.